The minimum atomic E-state index is 0.242. The first kappa shape index (κ1) is 10.0. The number of anilines is 2. The Balaban J connectivity index is 3.06. The molecule has 13 heavy (non-hydrogen) atoms. The summed E-state index contributed by atoms with van der Waals surface area (Å²) in [6, 6.07) is 0. The Morgan fingerprint density at radius 2 is 2.23 bits per heavy atom. The van der Waals surface area contributed by atoms with Gasteiger partial charge in [-0.05, 0) is 0 Å². The Labute approximate surface area is 81.3 Å². The van der Waals surface area contributed by atoms with Gasteiger partial charge < -0.3 is 15.8 Å². The molecule has 0 aliphatic carbocycles. The van der Waals surface area contributed by atoms with Crippen molar-refractivity contribution in [2.45, 2.75) is 6.61 Å². The normalized spacial score (nSPS) is 10.1. The number of ether oxygens (including phenoxy) is 1. The highest BCUT2D eigenvalue weighted by molar-refractivity contribution is 6.32. The molecule has 6 heteroatoms. The maximum atomic E-state index is 5.76. The van der Waals surface area contributed by atoms with Gasteiger partial charge >= 0.3 is 0 Å². The SMILES string of the molecule is CNc1nc(COC)nc(Cl)c1N. The quantitative estimate of drug-likeness (QED) is 0.713. The maximum absolute atomic E-state index is 5.76. The molecule has 1 aromatic rings. The van der Waals surface area contributed by atoms with Crippen molar-refractivity contribution in [2.24, 2.45) is 0 Å². The third-order valence-electron chi connectivity index (χ3n) is 1.46. The predicted octanol–water partition coefficient (Wildman–Crippen LogP) is 0.900. The maximum Gasteiger partial charge on any atom is 0.158 e. The predicted molar refractivity (Wildman–Crippen MR) is 51.7 cm³/mol. The van der Waals surface area contributed by atoms with Gasteiger partial charge in [-0.3, -0.25) is 0 Å². The van der Waals surface area contributed by atoms with Crippen molar-refractivity contribution in [1.82, 2.24) is 9.97 Å². The average molecular weight is 203 g/mol. The lowest BCUT2D eigenvalue weighted by atomic mass is 10.4. The zero-order chi connectivity index (χ0) is 9.84. The molecule has 0 spiro atoms. The van der Waals surface area contributed by atoms with Crippen molar-refractivity contribution in [3.05, 3.63) is 11.0 Å². The molecule has 0 unspecified atom stereocenters. The Kier molecular flexibility index (Phi) is 3.27. The molecule has 5 nitrogen and oxygen atoms in total. The van der Waals surface area contributed by atoms with Crippen LogP contribution in [0.3, 0.4) is 0 Å². The highest BCUT2D eigenvalue weighted by Gasteiger charge is 2.08. The first-order chi connectivity index (χ1) is 6.19. The van der Waals surface area contributed by atoms with Crippen molar-refractivity contribution in [1.29, 1.82) is 0 Å². The number of halogens is 1. The Hall–Kier alpha value is -1.07. The Morgan fingerprint density at radius 1 is 1.54 bits per heavy atom. The molecule has 0 aliphatic heterocycles. The van der Waals surface area contributed by atoms with E-state index >= 15 is 0 Å². The summed E-state index contributed by atoms with van der Waals surface area (Å²) in [6.45, 7) is 0.314. The molecule has 3 N–H and O–H groups in total. The molecular formula is C7H11ClN4O. The van der Waals surface area contributed by atoms with Crippen LogP contribution in [0, 0.1) is 0 Å². The largest absolute Gasteiger partial charge is 0.393 e. The van der Waals surface area contributed by atoms with E-state index in [0.29, 0.717) is 23.9 Å². The number of nitrogens with two attached hydrogens (primary N) is 1. The fourth-order valence-corrected chi connectivity index (χ4v) is 1.06. The van der Waals surface area contributed by atoms with E-state index in [9.17, 15) is 0 Å². The lowest BCUT2D eigenvalue weighted by molar-refractivity contribution is 0.178. The molecule has 0 atom stereocenters. The molecule has 0 fully saturated rings. The monoisotopic (exact) mass is 202 g/mol. The number of rotatable bonds is 3. The topological polar surface area (TPSA) is 73.1 Å². The van der Waals surface area contributed by atoms with Gasteiger partial charge in [-0.2, -0.15) is 0 Å². The van der Waals surface area contributed by atoms with Crippen LogP contribution in [0.5, 0.6) is 0 Å². The van der Waals surface area contributed by atoms with Crippen molar-refractivity contribution in [3.63, 3.8) is 0 Å². The molecule has 72 valence electrons. The van der Waals surface area contributed by atoms with Crippen LogP contribution in [0.15, 0.2) is 0 Å². The third-order valence-corrected chi connectivity index (χ3v) is 1.74. The summed E-state index contributed by atoms with van der Waals surface area (Å²) in [5.74, 6) is 1.03. The van der Waals surface area contributed by atoms with Crippen molar-refractivity contribution in [3.8, 4) is 0 Å². The zero-order valence-corrected chi connectivity index (χ0v) is 8.22. The van der Waals surface area contributed by atoms with E-state index in [1.54, 1.807) is 14.2 Å². The van der Waals surface area contributed by atoms with Crippen molar-refractivity contribution < 1.29 is 4.74 Å². The molecule has 0 radical (unpaired) electrons. The lowest BCUT2D eigenvalue weighted by Crippen LogP contribution is -2.06. The van der Waals surface area contributed by atoms with Crippen LogP contribution >= 0.6 is 11.6 Å². The smallest absolute Gasteiger partial charge is 0.158 e. The molecule has 1 rings (SSSR count). The summed E-state index contributed by atoms with van der Waals surface area (Å²) in [5.41, 5.74) is 5.95. The molecule has 0 saturated carbocycles. The van der Waals surface area contributed by atoms with Gasteiger partial charge in [-0.1, -0.05) is 11.6 Å². The van der Waals surface area contributed by atoms with Gasteiger partial charge in [0, 0.05) is 14.2 Å². The highest BCUT2D eigenvalue weighted by atomic mass is 35.5. The van der Waals surface area contributed by atoms with Crippen LogP contribution in [-0.2, 0) is 11.3 Å². The molecule has 0 saturated heterocycles. The van der Waals surface area contributed by atoms with E-state index in [1.165, 1.54) is 0 Å². The van der Waals surface area contributed by atoms with Gasteiger partial charge in [-0.25, -0.2) is 9.97 Å². The number of nitrogens with zero attached hydrogens (tertiary/aromatic N) is 2. The fourth-order valence-electron chi connectivity index (χ4n) is 0.870. The van der Waals surface area contributed by atoms with E-state index in [-0.39, 0.29) is 5.15 Å². The number of hydrogen-bond acceptors (Lipinski definition) is 5. The van der Waals surface area contributed by atoms with Gasteiger partial charge in [0.15, 0.2) is 16.8 Å². The first-order valence-electron chi connectivity index (χ1n) is 3.67. The second kappa shape index (κ2) is 4.25. The summed E-state index contributed by atoms with van der Waals surface area (Å²) in [5, 5.41) is 3.06. The summed E-state index contributed by atoms with van der Waals surface area (Å²) >= 11 is 5.76. The summed E-state index contributed by atoms with van der Waals surface area (Å²) in [6.07, 6.45) is 0. The summed E-state index contributed by atoms with van der Waals surface area (Å²) in [7, 11) is 3.28. The standard InChI is InChI=1S/C7H11ClN4O/c1-10-7-5(9)6(8)11-4(12-7)3-13-2/h3,9H2,1-2H3,(H,10,11,12). The molecule has 0 amide bonds. The van der Waals surface area contributed by atoms with Crippen molar-refractivity contribution in [2.75, 3.05) is 25.2 Å². The number of hydrogen-bond donors (Lipinski definition) is 2. The molecule has 1 heterocycles. The van der Waals surface area contributed by atoms with Gasteiger partial charge in [-0.15, -0.1) is 0 Å². The zero-order valence-electron chi connectivity index (χ0n) is 7.47. The first-order valence-corrected chi connectivity index (χ1v) is 4.05. The second-order valence-electron chi connectivity index (χ2n) is 2.38. The lowest BCUT2D eigenvalue weighted by Gasteiger charge is -2.07. The van der Waals surface area contributed by atoms with Crippen LogP contribution < -0.4 is 11.1 Å². The minimum Gasteiger partial charge on any atom is -0.393 e. The van der Waals surface area contributed by atoms with Crippen molar-refractivity contribution >= 4 is 23.1 Å². The molecule has 1 aromatic heterocycles. The number of nitrogens with one attached hydrogen (secondary N) is 1. The summed E-state index contributed by atoms with van der Waals surface area (Å²) < 4.78 is 4.87. The average Bonchev–Trinajstić information content (AvgIpc) is 2.11. The minimum absolute atomic E-state index is 0.242. The Bertz CT molecular complexity index is 305. The molecule has 0 aliphatic rings. The number of methoxy groups -OCH3 is 1. The molecular weight excluding hydrogens is 192 g/mol. The van der Waals surface area contributed by atoms with E-state index in [1.807, 2.05) is 0 Å². The third kappa shape index (κ3) is 2.19. The number of aromatic nitrogens is 2. The van der Waals surface area contributed by atoms with Crippen LogP contribution in [0.25, 0.3) is 0 Å². The van der Waals surface area contributed by atoms with E-state index < -0.39 is 0 Å². The highest BCUT2D eigenvalue weighted by Crippen LogP contribution is 2.22. The van der Waals surface area contributed by atoms with E-state index in [2.05, 4.69) is 15.3 Å². The van der Waals surface area contributed by atoms with Crippen LogP contribution in [0.4, 0.5) is 11.5 Å². The van der Waals surface area contributed by atoms with Crippen LogP contribution in [0.1, 0.15) is 5.82 Å². The molecule has 0 aromatic carbocycles. The number of nitrogen functional groups attached to an aromatic ring is 1. The van der Waals surface area contributed by atoms with Gasteiger partial charge in [0.2, 0.25) is 0 Å². The van der Waals surface area contributed by atoms with Gasteiger partial charge in [0.25, 0.3) is 0 Å². The van der Waals surface area contributed by atoms with Gasteiger partial charge in [0.1, 0.15) is 12.3 Å². The van der Waals surface area contributed by atoms with Crippen LogP contribution in [-0.4, -0.2) is 24.1 Å². The Morgan fingerprint density at radius 3 is 2.77 bits per heavy atom. The summed E-state index contributed by atoms with van der Waals surface area (Å²) in [4.78, 5) is 8.02. The van der Waals surface area contributed by atoms with Gasteiger partial charge in [0.05, 0.1) is 0 Å². The van der Waals surface area contributed by atoms with E-state index in [0.717, 1.165) is 0 Å². The van der Waals surface area contributed by atoms with E-state index in [4.69, 9.17) is 22.1 Å². The van der Waals surface area contributed by atoms with Crippen LogP contribution in [0.2, 0.25) is 5.15 Å². The molecule has 0 bridgehead atoms. The second-order valence-corrected chi connectivity index (χ2v) is 2.73. The fraction of sp³-hybridized carbons (Fsp3) is 0.429.